The topological polar surface area (TPSA) is 3.24 Å². The second-order valence-corrected chi connectivity index (χ2v) is 4.00. The molecule has 84 valence electrons. The van der Waals surface area contributed by atoms with Crippen LogP contribution in [-0.4, -0.2) is 29.7 Å². The van der Waals surface area contributed by atoms with Crippen molar-refractivity contribution in [3.05, 3.63) is 35.6 Å². The zero-order valence-corrected chi connectivity index (χ0v) is 9.94. The molecule has 0 heterocycles. The molecule has 0 aromatic heterocycles. The molecule has 0 bridgehead atoms. The van der Waals surface area contributed by atoms with Crippen LogP contribution in [0, 0.1) is 5.82 Å². The summed E-state index contributed by atoms with van der Waals surface area (Å²) in [6.45, 7) is 2.01. The second-order valence-electron chi connectivity index (χ2n) is 3.25. The van der Waals surface area contributed by atoms with Gasteiger partial charge in [0.25, 0.3) is 0 Å². The van der Waals surface area contributed by atoms with Gasteiger partial charge in [0.15, 0.2) is 0 Å². The summed E-state index contributed by atoms with van der Waals surface area (Å²) < 4.78 is 13.3. The van der Waals surface area contributed by atoms with Crippen LogP contribution in [0.2, 0.25) is 0 Å². The van der Waals surface area contributed by atoms with Gasteiger partial charge in [-0.2, -0.15) is 0 Å². The Morgan fingerprint density at radius 1 is 1.07 bits per heavy atom. The number of alkyl halides is 2. The second kappa shape index (κ2) is 7.04. The average molecular weight is 250 g/mol. The lowest BCUT2D eigenvalue weighted by Gasteiger charge is -2.20. The molecule has 0 N–H and O–H groups in total. The van der Waals surface area contributed by atoms with Gasteiger partial charge in [0.2, 0.25) is 0 Å². The molecule has 0 aliphatic rings. The first kappa shape index (κ1) is 12.8. The smallest absolute Gasteiger partial charge is 0.127 e. The summed E-state index contributed by atoms with van der Waals surface area (Å²) in [5.41, 5.74) is 0.688. The van der Waals surface area contributed by atoms with Gasteiger partial charge in [0.05, 0.1) is 0 Å². The highest BCUT2D eigenvalue weighted by Crippen LogP contribution is 2.09. The van der Waals surface area contributed by atoms with E-state index in [2.05, 4.69) is 0 Å². The van der Waals surface area contributed by atoms with Crippen LogP contribution >= 0.6 is 23.2 Å². The van der Waals surface area contributed by atoms with Gasteiger partial charge in [-0.05, 0) is 6.07 Å². The quantitative estimate of drug-likeness (QED) is 0.701. The maximum atomic E-state index is 13.3. The first-order chi connectivity index (χ1) is 7.27. The molecule has 0 radical (unpaired) electrons. The van der Waals surface area contributed by atoms with Gasteiger partial charge in [-0.3, -0.25) is 4.90 Å². The molecule has 0 saturated heterocycles. The Balaban J connectivity index is 2.60. The molecular formula is C11H14Cl2FN. The van der Waals surface area contributed by atoms with E-state index in [1.165, 1.54) is 6.07 Å². The first-order valence-corrected chi connectivity index (χ1v) is 5.92. The van der Waals surface area contributed by atoms with Crippen molar-refractivity contribution in [2.45, 2.75) is 6.54 Å². The molecule has 0 unspecified atom stereocenters. The molecule has 0 saturated carbocycles. The molecule has 1 aromatic carbocycles. The van der Waals surface area contributed by atoms with Crippen molar-refractivity contribution in [1.29, 1.82) is 0 Å². The van der Waals surface area contributed by atoms with E-state index in [-0.39, 0.29) is 5.82 Å². The van der Waals surface area contributed by atoms with Gasteiger partial charge < -0.3 is 0 Å². The number of nitrogens with zero attached hydrogens (tertiary/aromatic N) is 1. The standard InChI is InChI=1S/C11H14Cl2FN/c12-5-7-15(8-6-13)9-10-3-1-2-4-11(10)14/h1-4H,5-9H2. The summed E-state index contributed by atoms with van der Waals surface area (Å²) in [5, 5.41) is 0. The van der Waals surface area contributed by atoms with Crippen LogP contribution in [0.5, 0.6) is 0 Å². The van der Waals surface area contributed by atoms with Crippen LogP contribution in [0.15, 0.2) is 24.3 Å². The van der Waals surface area contributed by atoms with Crippen molar-refractivity contribution in [2.24, 2.45) is 0 Å². The molecule has 0 fully saturated rings. The number of halogens is 3. The fourth-order valence-electron chi connectivity index (χ4n) is 1.38. The fourth-order valence-corrected chi connectivity index (χ4v) is 1.85. The van der Waals surface area contributed by atoms with E-state index in [9.17, 15) is 4.39 Å². The lowest BCUT2D eigenvalue weighted by atomic mass is 10.2. The minimum atomic E-state index is -0.174. The molecule has 15 heavy (non-hydrogen) atoms. The summed E-state index contributed by atoms with van der Waals surface area (Å²) in [4.78, 5) is 2.04. The number of hydrogen-bond acceptors (Lipinski definition) is 1. The van der Waals surface area contributed by atoms with Crippen molar-refractivity contribution in [3.8, 4) is 0 Å². The largest absolute Gasteiger partial charge is 0.297 e. The monoisotopic (exact) mass is 249 g/mol. The third-order valence-corrected chi connectivity index (χ3v) is 2.49. The Hall–Kier alpha value is -0.310. The Bertz CT molecular complexity index is 288. The Morgan fingerprint density at radius 2 is 1.67 bits per heavy atom. The van der Waals surface area contributed by atoms with Crippen molar-refractivity contribution < 1.29 is 4.39 Å². The number of benzene rings is 1. The predicted octanol–water partition coefficient (Wildman–Crippen LogP) is 3.11. The summed E-state index contributed by atoms with van der Waals surface area (Å²) in [5.74, 6) is 0.892. The summed E-state index contributed by atoms with van der Waals surface area (Å²) >= 11 is 11.3. The normalized spacial score (nSPS) is 10.9. The Labute approximate surface area is 99.8 Å². The van der Waals surface area contributed by atoms with Crippen molar-refractivity contribution in [1.82, 2.24) is 4.90 Å². The zero-order valence-electron chi connectivity index (χ0n) is 8.43. The molecule has 4 heteroatoms. The predicted molar refractivity (Wildman–Crippen MR) is 63.1 cm³/mol. The van der Waals surface area contributed by atoms with Gasteiger partial charge in [-0.1, -0.05) is 18.2 Å². The highest BCUT2D eigenvalue weighted by Gasteiger charge is 2.07. The number of rotatable bonds is 6. The molecular weight excluding hydrogens is 236 g/mol. The molecule has 0 amide bonds. The molecule has 0 aliphatic heterocycles. The van der Waals surface area contributed by atoms with Crippen LogP contribution < -0.4 is 0 Å². The van der Waals surface area contributed by atoms with E-state index in [1.54, 1.807) is 12.1 Å². The van der Waals surface area contributed by atoms with Crippen molar-refractivity contribution in [3.63, 3.8) is 0 Å². The minimum Gasteiger partial charge on any atom is -0.297 e. The van der Waals surface area contributed by atoms with Gasteiger partial charge >= 0.3 is 0 Å². The lowest BCUT2D eigenvalue weighted by Crippen LogP contribution is -2.27. The molecule has 0 spiro atoms. The maximum absolute atomic E-state index is 13.3. The third-order valence-electron chi connectivity index (χ3n) is 2.15. The van der Waals surface area contributed by atoms with E-state index in [1.807, 2.05) is 11.0 Å². The van der Waals surface area contributed by atoms with Crippen LogP contribution in [-0.2, 0) is 6.54 Å². The lowest BCUT2D eigenvalue weighted by molar-refractivity contribution is 0.294. The van der Waals surface area contributed by atoms with E-state index < -0.39 is 0 Å². The van der Waals surface area contributed by atoms with Gasteiger partial charge in [-0.25, -0.2) is 4.39 Å². The Morgan fingerprint density at radius 3 is 2.20 bits per heavy atom. The first-order valence-electron chi connectivity index (χ1n) is 4.85. The van der Waals surface area contributed by atoms with Gasteiger partial charge in [0.1, 0.15) is 5.82 Å². The van der Waals surface area contributed by atoms with Crippen molar-refractivity contribution in [2.75, 3.05) is 24.8 Å². The number of hydrogen-bond donors (Lipinski definition) is 0. The summed E-state index contributed by atoms with van der Waals surface area (Å²) in [6, 6.07) is 6.77. The molecule has 1 aromatic rings. The highest BCUT2D eigenvalue weighted by molar-refractivity contribution is 6.18. The van der Waals surface area contributed by atoms with E-state index in [0.717, 1.165) is 13.1 Å². The van der Waals surface area contributed by atoms with Crippen LogP contribution in [0.1, 0.15) is 5.56 Å². The molecule has 1 nitrogen and oxygen atoms in total. The summed E-state index contributed by atoms with van der Waals surface area (Å²) in [6.07, 6.45) is 0. The highest BCUT2D eigenvalue weighted by atomic mass is 35.5. The van der Waals surface area contributed by atoms with E-state index in [0.29, 0.717) is 23.9 Å². The van der Waals surface area contributed by atoms with Crippen LogP contribution in [0.4, 0.5) is 4.39 Å². The molecule has 0 aliphatic carbocycles. The molecule has 0 atom stereocenters. The maximum Gasteiger partial charge on any atom is 0.127 e. The van der Waals surface area contributed by atoms with Gasteiger partial charge in [-0.15, -0.1) is 23.2 Å². The Kier molecular flexibility index (Phi) is 5.99. The zero-order chi connectivity index (χ0) is 11.1. The van der Waals surface area contributed by atoms with E-state index in [4.69, 9.17) is 23.2 Å². The third kappa shape index (κ3) is 4.37. The molecule has 1 rings (SSSR count). The fraction of sp³-hybridized carbons (Fsp3) is 0.455. The minimum absolute atomic E-state index is 0.174. The van der Waals surface area contributed by atoms with Crippen LogP contribution in [0.25, 0.3) is 0 Å². The van der Waals surface area contributed by atoms with Crippen molar-refractivity contribution >= 4 is 23.2 Å². The average Bonchev–Trinajstić information content (AvgIpc) is 2.22. The van der Waals surface area contributed by atoms with E-state index >= 15 is 0 Å². The van der Waals surface area contributed by atoms with Gasteiger partial charge in [0, 0.05) is 37.0 Å². The van der Waals surface area contributed by atoms with Crippen LogP contribution in [0.3, 0.4) is 0 Å². The summed E-state index contributed by atoms with van der Waals surface area (Å²) in [7, 11) is 0. The SMILES string of the molecule is Fc1ccccc1CN(CCCl)CCCl.